The normalized spacial score (nSPS) is 11.4. The molecule has 0 bridgehead atoms. The number of fused-ring (bicyclic) bond motifs is 3. The molecule has 24 heavy (non-hydrogen) atoms. The van der Waals surface area contributed by atoms with Crippen LogP contribution in [0.15, 0.2) is 71.8 Å². The van der Waals surface area contributed by atoms with Gasteiger partial charge in [-0.1, -0.05) is 36.4 Å². The minimum Gasteiger partial charge on any atom is -0.346 e. The molecule has 0 atom stereocenters. The highest BCUT2D eigenvalue weighted by atomic mass is 16.1. The fraction of sp³-hybridized carbons (Fsp3) is 0.150. The molecular weight excluding hydrogens is 298 g/mol. The molecule has 0 spiro atoms. The van der Waals surface area contributed by atoms with E-state index in [2.05, 4.69) is 10.6 Å². The monoisotopic (exact) mass is 317 g/mol. The van der Waals surface area contributed by atoms with Crippen molar-refractivity contribution in [2.24, 2.45) is 5.73 Å². The molecule has 2 N–H and O–H groups in total. The Labute approximate surface area is 139 Å². The van der Waals surface area contributed by atoms with Gasteiger partial charge >= 0.3 is 0 Å². The van der Waals surface area contributed by atoms with Crippen molar-refractivity contribution in [1.82, 2.24) is 9.13 Å². The van der Waals surface area contributed by atoms with Crippen molar-refractivity contribution in [2.75, 3.05) is 6.54 Å². The summed E-state index contributed by atoms with van der Waals surface area (Å²) < 4.78 is 3.89. The standard InChI is InChI=1S/C20H19N3O/c21-10-13-22-11-8-16-6-7-18-17(19(16)22)9-12-23(20(18)24)14-15-4-2-1-3-5-15/h1-9,11-12H,10,13-14,21H2. The molecule has 4 heteroatoms. The summed E-state index contributed by atoms with van der Waals surface area (Å²) in [7, 11) is 0. The number of hydrogen-bond acceptors (Lipinski definition) is 2. The lowest BCUT2D eigenvalue weighted by Crippen LogP contribution is -2.20. The number of pyridine rings is 1. The summed E-state index contributed by atoms with van der Waals surface area (Å²) in [5.74, 6) is 0. The van der Waals surface area contributed by atoms with Gasteiger partial charge in [0.05, 0.1) is 12.1 Å². The molecule has 0 saturated heterocycles. The number of aromatic nitrogens is 2. The lowest BCUT2D eigenvalue weighted by Gasteiger charge is -2.10. The van der Waals surface area contributed by atoms with Crippen LogP contribution in [0, 0.1) is 0 Å². The Morgan fingerprint density at radius 1 is 0.833 bits per heavy atom. The Hall–Kier alpha value is -2.85. The molecule has 0 fully saturated rings. The molecule has 2 heterocycles. The number of benzene rings is 2. The molecule has 0 aliphatic rings. The van der Waals surface area contributed by atoms with Gasteiger partial charge in [0.15, 0.2) is 0 Å². The van der Waals surface area contributed by atoms with Crippen LogP contribution in [0.5, 0.6) is 0 Å². The van der Waals surface area contributed by atoms with Crippen molar-refractivity contribution < 1.29 is 0 Å². The summed E-state index contributed by atoms with van der Waals surface area (Å²) in [6.07, 6.45) is 3.92. The van der Waals surface area contributed by atoms with Crippen molar-refractivity contribution in [3.05, 3.63) is 82.9 Å². The van der Waals surface area contributed by atoms with E-state index in [1.54, 1.807) is 4.57 Å². The van der Waals surface area contributed by atoms with E-state index < -0.39 is 0 Å². The summed E-state index contributed by atoms with van der Waals surface area (Å²) in [5.41, 5.74) is 7.95. The average molecular weight is 317 g/mol. The molecule has 0 aliphatic heterocycles. The summed E-state index contributed by atoms with van der Waals surface area (Å²) in [4.78, 5) is 12.9. The first-order valence-electron chi connectivity index (χ1n) is 8.13. The van der Waals surface area contributed by atoms with Crippen LogP contribution in [0.1, 0.15) is 5.56 Å². The fourth-order valence-corrected chi connectivity index (χ4v) is 3.30. The highest BCUT2D eigenvalue weighted by Gasteiger charge is 2.10. The van der Waals surface area contributed by atoms with Gasteiger partial charge < -0.3 is 14.9 Å². The molecule has 0 amide bonds. The fourth-order valence-electron chi connectivity index (χ4n) is 3.30. The minimum absolute atomic E-state index is 0.0405. The highest BCUT2D eigenvalue weighted by Crippen LogP contribution is 2.24. The van der Waals surface area contributed by atoms with Gasteiger partial charge in [0.2, 0.25) is 0 Å². The molecule has 120 valence electrons. The highest BCUT2D eigenvalue weighted by molar-refractivity contribution is 6.05. The third-order valence-corrected chi connectivity index (χ3v) is 4.45. The smallest absolute Gasteiger partial charge is 0.258 e. The van der Waals surface area contributed by atoms with Gasteiger partial charge in [0.25, 0.3) is 5.56 Å². The summed E-state index contributed by atoms with van der Waals surface area (Å²) in [5, 5.41) is 2.87. The van der Waals surface area contributed by atoms with E-state index in [1.165, 1.54) is 0 Å². The molecule has 0 saturated carbocycles. The lowest BCUT2D eigenvalue weighted by atomic mass is 10.1. The van der Waals surface area contributed by atoms with E-state index in [4.69, 9.17) is 5.73 Å². The van der Waals surface area contributed by atoms with E-state index in [9.17, 15) is 4.79 Å². The van der Waals surface area contributed by atoms with Gasteiger partial charge in [-0.3, -0.25) is 4.79 Å². The van der Waals surface area contributed by atoms with E-state index in [0.29, 0.717) is 13.1 Å². The number of nitrogens with two attached hydrogens (primary N) is 1. The molecule has 0 aliphatic carbocycles. The number of rotatable bonds is 4. The van der Waals surface area contributed by atoms with Crippen molar-refractivity contribution in [3.63, 3.8) is 0 Å². The predicted molar refractivity (Wildman–Crippen MR) is 98.3 cm³/mol. The van der Waals surface area contributed by atoms with Crippen molar-refractivity contribution in [2.45, 2.75) is 13.1 Å². The van der Waals surface area contributed by atoms with Gasteiger partial charge in [-0.15, -0.1) is 0 Å². The van der Waals surface area contributed by atoms with E-state index in [1.807, 2.05) is 60.9 Å². The molecule has 4 rings (SSSR count). The van der Waals surface area contributed by atoms with Crippen LogP contribution in [0.3, 0.4) is 0 Å². The van der Waals surface area contributed by atoms with Crippen LogP contribution in [-0.4, -0.2) is 15.7 Å². The topological polar surface area (TPSA) is 52.9 Å². The maximum atomic E-state index is 12.9. The average Bonchev–Trinajstić information content (AvgIpc) is 3.02. The van der Waals surface area contributed by atoms with E-state index in [-0.39, 0.29) is 5.56 Å². The van der Waals surface area contributed by atoms with Crippen molar-refractivity contribution in [1.29, 1.82) is 0 Å². The van der Waals surface area contributed by atoms with Crippen LogP contribution in [0.2, 0.25) is 0 Å². The Bertz CT molecular complexity index is 1060. The Morgan fingerprint density at radius 2 is 1.62 bits per heavy atom. The van der Waals surface area contributed by atoms with Crippen LogP contribution >= 0.6 is 0 Å². The zero-order chi connectivity index (χ0) is 16.5. The SMILES string of the molecule is NCCn1ccc2ccc3c(=O)n(Cc4ccccc4)ccc3c21. The van der Waals surface area contributed by atoms with Crippen molar-refractivity contribution >= 4 is 21.7 Å². The Balaban J connectivity index is 1.89. The first kappa shape index (κ1) is 14.7. The second kappa shape index (κ2) is 5.98. The molecule has 4 nitrogen and oxygen atoms in total. The molecule has 0 radical (unpaired) electrons. The van der Waals surface area contributed by atoms with Gasteiger partial charge in [0.1, 0.15) is 0 Å². The zero-order valence-electron chi connectivity index (χ0n) is 13.4. The van der Waals surface area contributed by atoms with Crippen molar-refractivity contribution in [3.8, 4) is 0 Å². The second-order valence-electron chi connectivity index (χ2n) is 6.00. The van der Waals surface area contributed by atoms with E-state index >= 15 is 0 Å². The minimum atomic E-state index is 0.0405. The summed E-state index contributed by atoms with van der Waals surface area (Å²) in [6.45, 7) is 1.90. The van der Waals surface area contributed by atoms with Crippen LogP contribution < -0.4 is 11.3 Å². The Kier molecular flexibility index (Phi) is 3.67. The Morgan fingerprint density at radius 3 is 2.42 bits per heavy atom. The van der Waals surface area contributed by atoms with Crippen LogP contribution in [-0.2, 0) is 13.1 Å². The second-order valence-corrected chi connectivity index (χ2v) is 6.00. The third kappa shape index (κ3) is 2.41. The summed E-state index contributed by atoms with van der Waals surface area (Å²) in [6, 6.07) is 18.1. The molecule has 2 aromatic carbocycles. The van der Waals surface area contributed by atoms with Crippen LogP contribution in [0.25, 0.3) is 21.7 Å². The van der Waals surface area contributed by atoms with Gasteiger partial charge in [-0.25, -0.2) is 0 Å². The summed E-state index contributed by atoms with van der Waals surface area (Å²) >= 11 is 0. The van der Waals surface area contributed by atoms with Crippen LogP contribution in [0.4, 0.5) is 0 Å². The molecular formula is C20H19N3O. The molecule has 0 unspecified atom stereocenters. The first-order chi connectivity index (χ1) is 11.8. The van der Waals surface area contributed by atoms with E-state index in [0.717, 1.165) is 33.8 Å². The number of nitrogens with zero attached hydrogens (tertiary/aromatic N) is 2. The maximum Gasteiger partial charge on any atom is 0.258 e. The lowest BCUT2D eigenvalue weighted by molar-refractivity contribution is 0.736. The molecule has 4 aromatic rings. The maximum absolute atomic E-state index is 12.9. The zero-order valence-corrected chi connectivity index (χ0v) is 13.4. The third-order valence-electron chi connectivity index (χ3n) is 4.45. The largest absolute Gasteiger partial charge is 0.346 e. The molecule has 2 aromatic heterocycles. The first-order valence-corrected chi connectivity index (χ1v) is 8.13. The predicted octanol–water partition coefficient (Wildman–Crippen LogP) is 2.96. The van der Waals surface area contributed by atoms with Gasteiger partial charge in [-0.2, -0.15) is 0 Å². The van der Waals surface area contributed by atoms with Gasteiger partial charge in [0, 0.05) is 41.6 Å². The number of hydrogen-bond donors (Lipinski definition) is 1. The quantitative estimate of drug-likeness (QED) is 0.629. The van der Waals surface area contributed by atoms with Gasteiger partial charge in [-0.05, 0) is 23.8 Å².